The summed E-state index contributed by atoms with van der Waals surface area (Å²) in [7, 11) is 4.67. The summed E-state index contributed by atoms with van der Waals surface area (Å²) in [6.45, 7) is 0. The number of ether oxygens (including phenoxy) is 3. The van der Waals surface area contributed by atoms with Crippen LogP contribution in [0.3, 0.4) is 0 Å². The molecule has 1 N–H and O–H groups in total. The van der Waals surface area contributed by atoms with Crippen molar-refractivity contribution in [2.24, 2.45) is 0 Å². The van der Waals surface area contributed by atoms with Gasteiger partial charge in [-0.1, -0.05) is 0 Å². The van der Waals surface area contributed by atoms with Crippen molar-refractivity contribution in [2.75, 3.05) is 21.3 Å². The van der Waals surface area contributed by atoms with Gasteiger partial charge in [0, 0.05) is 23.3 Å². The highest BCUT2D eigenvalue weighted by molar-refractivity contribution is 5.94. The first-order valence-corrected chi connectivity index (χ1v) is 5.88. The van der Waals surface area contributed by atoms with Gasteiger partial charge in [-0.2, -0.15) is 0 Å². The van der Waals surface area contributed by atoms with Crippen molar-refractivity contribution in [2.45, 2.75) is 12.8 Å². The Balaban J connectivity index is 2.70. The van der Waals surface area contributed by atoms with Gasteiger partial charge in [0.1, 0.15) is 5.75 Å². The van der Waals surface area contributed by atoms with Crippen molar-refractivity contribution >= 4 is 11.5 Å². The van der Waals surface area contributed by atoms with Crippen LogP contribution in [-0.2, 0) is 11.2 Å². The molecular formula is C14H16O5. The van der Waals surface area contributed by atoms with Crippen LogP contribution in [0.5, 0.6) is 17.2 Å². The summed E-state index contributed by atoms with van der Waals surface area (Å²) in [4.78, 5) is 10.9. The minimum Gasteiger partial charge on any atom is -0.496 e. The third-order valence-electron chi connectivity index (χ3n) is 3.22. The molecule has 0 unspecified atom stereocenters. The molecule has 0 aromatic heterocycles. The summed E-state index contributed by atoms with van der Waals surface area (Å²) in [5.41, 5.74) is 2.48. The van der Waals surface area contributed by atoms with Crippen LogP contribution in [0.25, 0.3) is 5.57 Å². The summed E-state index contributed by atoms with van der Waals surface area (Å²) in [6.07, 6.45) is 2.60. The first-order valence-electron chi connectivity index (χ1n) is 5.88. The quantitative estimate of drug-likeness (QED) is 0.844. The second kappa shape index (κ2) is 5.22. The van der Waals surface area contributed by atoms with E-state index in [-0.39, 0.29) is 0 Å². The standard InChI is InChI=1S/C14H16O5/c1-17-10-7-11(18-2)14(19-3)13-8(6-12(15)16)4-5-9(10)13/h6-7H,4-5H2,1-3H3,(H,15,16)/b8-6+. The van der Waals surface area contributed by atoms with Crippen molar-refractivity contribution < 1.29 is 24.1 Å². The number of hydrogen-bond acceptors (Lipinski definition) is 4. The van der Waals surface area contributed by atoms with Gasteiger partial charge in [-0.3, -0.25) is 0 Å². The van der Waals surface area contributed by atoms with Gasteiger partial charge < -0.3 is 19.3 Å². The normalized spacial score (nSPS) is 15.2. The third kappa shape index (κ3) is 2.23. The van der Waals surface area contributed by atoms with Gasteiger partial charge in [0.05, 0.1) is 21.3 Å². The highest BCUT2D eigenvalue weighted by Gasteiger charge is 2.28. The molecule has 19 heavy (non-hydrogen) atoms. The molecule has 5 heteroatoms. The molecular weight excluding hydrogens is 248 g/mol. The lowest BCUT2D eigenvalue weighted by atomic mass is 10.0. The topological polar surface area (TPSA) is 65.0 Å². The summed E-state index contributed by atoms with van der Waals surface area (Å²) < 4.78 is 16.0. The minimum atomic E-state index is -0.966. The van der Waals surface area contributed by atoms with E-state index in [4.69, 9.17) is 19.3 Å². The zero-order chi connectivity index (χ0) is 14.0. The Morgan fingerprint density at radius 1 is 1.16 bits per heavy atom. The number of rotatable bonds is 4. The van der Waals surface area contributed by atoms with Crippen molar-refractivity contribution in [3.05, 3.63) is 23.3 Å². The Morgan fingerprint density at radius 3 is 2.37 bits per heavy atom. The zero-order valence-electron chi connectivity index (χ0n) is 11.1. The number of carbonyl (C=O) groups is 1. The number of aliphatic carboxylic acids is 1. The number of allylic oxidation sites excluding steroid dienone is 1. The maximum atomic E-state index is 10.9. The van der Waals surface area contributed by atoms with E-state index in [1.54, 1.807) is 27.4 Å². The van der Waals surface area contributed by atoms with Crippen LogP contribution in [0, 0.1) is 0 Å². The van der Waals surface area contributed by atoms with Gasteiger partial charge in [-0.15, -0.1) is 0 Å². The van der Waals surface area contributed by atoms with Crippen LogP contribution in [0.15, 0.2) is 12.1 Å². The van der Waals surface area contributed by atoms with Gasteiger partial charge in [0.15, 0.2) is 11.5 Å². The van der Waals surface area contributed by atoms with Crippen LogP contribution in [-0.4, -0.2) is 32.4 Å². The van der Waals surface area contributed by atoms with Crippen LogP contribution in [0.2, 0.25) is 0 Å². The summed E-state index contributed by atoms with van der Waals surface area (Å²) >= 11 is 0. The first-order chi connectivity index (χ1) is 9.12. The van der Waals surface area contributed by atoms with Crippen LogP contribution in [0.1, 0.15) is 17.5 Å². The number of carboxylic acid groups (broad SMARTS) is 1. The van der Waals surface area contributed by atoms with E-state index in [0.29, 0.717) is 23.7 Å². The van der Waals surface area contributed by atoms with Crippen LogP contribution >= 0.6 is 0 Å². The maximum Gasteiger partial charge on any atom is 0.328 e. The molecule has 0 spiro atoms. The largest absolute Gasteiger partial charge is 0.496 e. The molecule has 5 nitrogen and oxygen atoms in total. The number of benzene rings is 1. The van der Waals surface area contributed by atoms with E-state index >= 15 is 0 Å². The van der Waals surface area contributed by atoms with E-state index in [2.05, 4.69) is 0 Å². The minimum absolute atomic E-state index is 0.538. The lowest BCUT2D eigenvalue weighted by molar-refractivity contribution is -0.131. The molecule has 0 bridgehead atoms. The molecule has 1 aliphatic rings. The highest BCUT2D eigenvalue weighted by Crippen LogP contribution is 2.48. The fourth-order valence-corrected chi connectivity index (χ4v) is 2.46. The molecule has 0 heterocycles. The zero-order valence-corrected chi connectivity index (χ0v) is 11.1. The van der Waals surface area contributed by atoms with E-state index in [1.807, 2.05) is 0 Å². The Bertz CT molecular complexity index is 545. The highest BCUT2D eigenvalue weighted by atomic mass is 16.5. The molecule has 0 aliphatic heterocycles. The summed E-state index contributed by atoms with van der Waals surface area (Å²) in [5, 5.41) is 8.94. The molecule has 0 saturated heterocycles. The number of carboxylic acids is 1. The van der Waals surface area contributed by atoms with Gasteiger partial charge in [-0.05, 0) is 18.4 Å². The van der Waals surface area contributed by atoms with Gasteiger partial charge >= 0.3 is 5.97 Å². The van der Waals surface area contributed by atoms with E-state index in [1.165, 1.54) is 6.08 Å². The van der Waals surface area contributed by atoms with E-state index in [9.17, 15) is 4.79 Å². The lowest BCUT2D eigenvalue weighted by Crippen LogP contribution is -1.99. The molecule has 2 rings (SSSR count). The van der Waals surface area contributed by atoms with Crippen molar-refractivity contribution in [3.8, 4) is 17.2 Å². The predicted molar refractivity (Wildman–Crippen MR) is 70.0 cm³/mol. The van der Waals surface area contributed by atoms with Gasteiger partial charge in [0.2, 0.25) is 0 Å². The third-order valence-corrected chi connectivity index (χ3v) is 3.22. The smallest absolute Gasteiger partial charge is 0.328 e. The number of methoxy groups -OCH3 is 3. The van der Waals surface area contributed by atoms with Crippen molar-refractivity contribution in [3.63, 3.8) is 0 Å². The Morgan fingerprint density at radius 2 is 1.84 bits per heavy atom. The second-order valence-corrected chi connectivity index (χ2v) is 4.18. The lowest BCUT2D eigenvalue weighted by Gasteiger charge is -2.16. The first kappa shape index (κ1) is 13.3. The van der Waals surface area contributed by atoms with E-state index in [0.717, 1.165) is 23.1 Å². The maximum absolute atomic E-state index is 10.9. The fraction of sp³-hybridized carbons (Fsp3) is 0.357. The monoisotopic (exact) mass is 264 g/mol. The Labute approximate surface area is 111 Å². The molecule has 102 valence electrons. The molecule has 0 saturated carbocycles. The van der Waals surface area contributed by atoms with Gasteiger partial charge in [0.25, 0.3) is 0 Å². The molecule has 0 atom stereocenters. The molecule has 0 fully saturated rings. The molecule has 1 aliphatic carbocycles. The molecule has 1 aromatic carbocycles. The SMILES string of the molecule is COc1cc(OC)c(OC)c2c1CC/C2=C\C(=O)O. The van der Waals surface area contributed by atoms with Crippen LogP contribution in [0.4, 0.5) is 0 Å². The Kier molecular flexibility index (Phi) is 3.64. The summed E-state index contributed by atoms with van der Waals surface area (Å²) in [5.74, 6) is 0.827. The summed E-state index contributed by atoms with van der Waals surface area (Å²) in [6, 6.07) is 1.77. The van der Waals surface area contributed by atoms with E-state index < -0.39 is 5.97 Å². The Hall–Kier alpha value is -2.17. The van der Waals surface area contributed by atoms with Crippen molar-refractivity contribution in [1.82, 2.24) is 0 Å². The van der Waals surface area contributed by atoms with Crippen molar-refractivity contribution in [1.29, 1.82) is 0 Å². The predicted octanol–water partition coefficient (Wildman–Crippen LogP) is 2.13. The van der Waals surface area contributed by atoms with Gasteiger partial charge in [-0.25, -0.2) is 4.79 Å². The van der Waals surface area contributed by atoms with Crippen LogP contribution < -0.4 is 14.2 Å². The fourth-order valence-electron chi connectivity index (χ4n) is 2.46. The molecule has 1 aromatic rings. The second-order valence-electron chi connectivity index (χ2n) is 4.18. The average Bonchev–Trinajstić information content (AvgIpc) is 2.80. The average molecular weight is 264 g/mol. The number of hydrogen-bond donors (Lipinski definition) is 1. The molecule has 0 radical (unpaired) electrons. The molecule has 0 amide bonds. The number of fused-ring (bicyclic) bond motifs is 1.